The first-order valence-electron chi connectivity index (χ1n) is 31.4. The maximum Gasteiger partial charge on any atom is 0.355 e. The number of benzene rings is 3. The average molecular weight is 1390 g/mol. The number of nitrogens with two attached hydrogens (primary N) is 1. The second kappa shape index (κ2) is 34.1. The molecule has 0 bridgehead atoms. The van der Waals surface area contributed by atoms with Crippen LogP contribution in [0.5, 0.6) is 5.75 Å². The Bertz CT molecular complexity index is 3960. The van der Waals surface area contributed by atoms with Gasteiger partial charge in [-0.1, -0.05) is 49.3 Å². The number of carbonyl (C=O) groups excluding carboxylic acids is 6. The first-order valence-corrected chi connectivity index (χ1v) is 33.0. The zero-order chi connectivity index (χ0) is 71.0. The van der Waals surface area contributed by atoms with E-state index < -0.39 is 102 Å². The molecule has 1 fully saturated rings. The summed E-state index contributed by atoms with van der Waals surface area (Å²) in [4.78, 5) is 113. The topological polar surface area (TPSA) is 410 Å². The number of aliphatic carboxylic acids is 1. The molecule has 12 N–H and O–H groups in total. The highest BCUT2D eigenvalue weighted by Crippen LogP contribution is 2.34. The molecule has 2 aliphatic heterocycles. The van der Waals surface area contributed by atoms with Crippen molar-refractivity contribution in [1.29, 1.82) is 0 Å². The third-order valence-electron chi connectivity index (χ3n) is 15.9. The van der Waals surface area contributed by atoms with Crippen LogP contribution in [0.4, 0.5) is 36.8 Å². The fourth-order valence-electron chi connectivity index (χ4n) is 10.6. The second-order valence-corrected chi connectivity index (χ2v) is 26.4. The van der Waals surface area contributed by atoms with Crippen LogP contribution in [0.15, 0.2) is 78.9 Å². The highest BCUT2D eigenvalue weighted by Gasteiger charge is 2.46. The smallest absolute Gasteiger partial charge is 0.355 e. The molecule has 0 saturated carbocycles. The first-order chi connectivity index (χ1) is 46.6. The summed E-state index contributed by atoms with van der Waals surface area (Å²) in [5.74, 6) is 0.294. The molecule has 1 saturated heterocycles. The van der Waals surface area contributed by atoms with Gasteiger partial charge in [0.05, 0.1) is 56.8 Å². The number of ether oxygens (including phenoxy) is 3. The minimum atomic E-state index is -1.91. The number of aliphatic hydroxyl groups excluding tert-OH is 3. The van der Waals surface area contributed by atoms with Gasteiger partial charge in [-0.25, -0.2) is 28.7 Å². The molecule has 522 valence electrons. The summed E-state index contributed by atoms with van der Waals surface area (Å²) in [6.45, 7) is 5.75. The molecule has 7 atom stereocenters. The van der Waals surface area contributed by atoms with Crippen molar-refractivity contribution in [3.8, 4) is 17.6 Å². The lowest BCUT2D eigenvalue weighted by molar-refractivity contribution is -0.896. The van der Waals surface area contributed by atoms with E-state index in [4.69, 9.17) is 19.9 Å². The third kappa shape index (κ3) is 20.3. The highest BCUT2D eigenvalue weighted by molar-refractivity contribution is 7.22. The molecule has 32 heteroatoms. The third-order valence-corrected chi connectivity index (χ3v) is 18.1. The number of anilines is 5. The number of amides is 7. The number of rotatable bonds is 33. The Kier molecular flexibility index (Phi) is 25.8. The van der Waals surface area contributed by atoms with Crippen molar-refractivity contribution in [2.24, 2.45) is 11.7 Å². The summed E-state index contributed by atoms with van der Waals surface area (Å²) in [5, 5.41) is 75.5. The summed E-state index contributed by atoms with van der Waals surface area (Å²) in [5.41, 5.74) is 8.70. The number of quaternary nitrogens is 1. The summed E-state index contributed by atoms with van der Waals surface area (Å²) in [7, 11) is 5.50. The number of carboxylic acid groups (broad SMARTS) is 2. The van der Waals surface area contributed by atoms with E-state index in [9.17, 15) is 63.9 Å². The van der Waals surface area contributed by atoms with E-state index in [1.807, 2.05) is 51.4 Å². The van der Waals surface area contributed by atoms with Crippen LogP contribution in [0.3, 0.4) is 0 Å². The van der Waals surface area contributed by atoms with Crippen LogP contribution < -0.4 is 42.0 Å². The van der Waals surface area contributed by atoms with Gasteiger partial charge in [0.25, 0.3) is 11.8 Å². The number of hydrogen-bond donors (Lipinski definition) is 11. The maximum atomic E-state index is 15.6. The van der Waals surface area contributed by atoms with Crippen molar-refractivity contribution in [3.63, 3.8) is 0 Å². The summed E-state index contributed by atoms with van der Waals surface area (Å²) in [6.07, 6.45) is -5.62. The molecule has 3 aromatic heterocycles. The fraction of sp³-hybridized carbons (Fsp3) is 0.424. The Morgan fingerprint density at radius 3 is 2.32 bits per heavy atom. The fourth-order valence-corrected chi connectivity index (χ4v) is 12.5. The number of carbonyl (C=O) groups is 8. The number of nitrogens with zero attached hydrogens (tertiary/aromatic N) is 7. The highest BCUT2D eigenvalue weighted by atomic mass is 32.1. The van der Waals surface area contributed by atoms with E-state index in [-0.39, 0.29) is 99.6 Å². The molecule has 7 amide bonds. The van der Waals surface area contributed by atoms with Crippen LogP contribution in [0.1, 0.15) is 83.6 Å². The Hall–Kier alpha value is -9.59. The number of aryl methyl sites for hydroxylation is 3. The number of nitrogens with one attached hydrogen (secondary N) is 5. The van der Waals surface area contributed by atoms with Crippen LogP contribution in [0.25, 0.3) is 10.2 Å². The summed E-state index contributed by atoms with van der Waals surface area (Å²) < 4.78 is 33.7. The van der Waals surface area contributed by atoms with Crippen molar-refractivity contribution in [3.05, 3.63) is 118 Å². The van der Waals surface area contributed by atoms with Gasteiger partial charge in [-0.05, 0) is 117 Å². The number of para-hydroxylation sites is 1. The zero-order valence-electron chi connectivity index (χ0n) is 54.7. The van der Waals surface area contributed by atoms with Gasteiger partial charge in [0.2, 0.25) is 17.7 Å². The van der Waals surface area contributed by atoms with Crippen molar-refractivity contribution < 1.29 is 87.0 Å². The number of aromatic carboxylic acids is 1. The zero-order valence-corrected chi connectivity index (χ0v) is 56.3. The Morgan fingerprint density at radius 1 is 0.867 bits per heavy atom. The Morgan fingerprint density at radius 2 is 1.62 bits per heavy atom. The normalized spacial score (nSPS) is 17.4. The van der Waals surface area contributed by atoms with Crippen molar-refractivity contribution in [1.82, 2.24) is 41.0 Å². The molecule has 2 aliphatic rings. The number of primary amides is 1. The van der Waals surface area contributed by atoms with Gasteiger partial charge in [-0.3, -0.25) is 28.9 Å². The quantitative estimate of drug-likeness (QED) is 0.0120. The number of halogens is 1. The SMILES string of the molecule is Cc1cc(N(C)c2nc(C(=O)O)c(CCCOc3ccc(C#CC[N+](C)(C)Cc4ccc(NC(=O)[C@H](CCCNC(N)=O)NC(=O)[C@@H](NC(=O)CCOCCN5C(=O)C=CC5=O)C(C)C)cc4CC[C@@H]4O[C@H](C(=O)O)[C@@H](O)[C@H](O)[C@H]4O)cc3F)s2)nnc1Nc1nc2ccccc2s1. The summed E-state index contributed by atoms with van der Waals surface area (Å²) in [6, 6.07) is 15.7. The van der Waals surface area contributed by atoms with Gasteiger partial charge in [-0.15, -0.1) is 21.5 Å². The van der Waals surface area contributed by atoms with E-state index in [2.05, 4.69) is 58.6 Å². The standard InChI is InChI=1S/C66H78FN13O16S2/c1-36(2)53(73-50(81)25-30-94-31-27-79-51(82)23-24-52(79)83)61(88)71-44(14-9-26-69-64(68)93)60(87)70-41-20-18-40(39(34-41)19-22-46-55(84)56(85)57(86)58(96-46)63(91)92)35-80(5,6)28-10-12-38-17-21-45(42(67)33-38)95-29-11-16-48-54(62(89)90)74-66(98-48)78(4)49-32-37(3)59(77-76-49)75-65-72-43-13-7-8-15-47(43)97-65/h7-8,13,15,17-18,20-21,23-24,32-34,36,44,46,53,55-58,84-86H,9,11,14,16,19,22,25-31,35H2,1-6H3,(H8-,68,69,70,71,72,73,75,77,81,87,88,89,90,91,92,93)/p+1/t44-,46-,53-,55-,56+,57-,58-/m0/s1. The molecule has 98 heavy (non-hydrogen) atoms. The molecule has 0 spiro atoms. The van der Waals surface area contributed by atoms with Crippen LogP contribution in [0, 0.1) is 30.5 Å². The monoisotopic (exact) mass is 1390 g/mol. The van der Waals surface area contributed by atoms with E-state index in [1.165, 1.54) is 34.8 Å². The first kappa shape index (κ1) is 74.2. The molecule has 0 radical (unpaired) electrons. The van der Waals surface area contributed by atoms with E-state index in [0.717, 1.165) is 32.8 Å². The average Bonchev–Trinajstić information content (AvgIpc) is 1.30. The number of urea groups is 1. The van der Waals surface area contributed by atoms with Crippen molar-refractivity contribution >= 4 is 108 Å². The van der Waals surface area contributed by atoms with Gasteiger partial charge in [-0.2, -0.15) is 0 Å². The summed E-state index contributed by atoms with van der Waals surface area (Å²) >= 11 is 2.67. The minimum Gasteiger partial charge on any atom is -0.491 e. The van der Waals surface area contributed by atoms with Gasteiger partial charge in [0, 0.05) is 53.9 Å². The van der Waals surface area contributed by atoms with Crippen LogP contribution in [0.2, 0.25) is 0 Å². The van der Waals surface area contributed by atoms with Gasteiger partial charge >= 0.3 is 18.0 Å². The predicted octanol–water partition coefficient (Wildman–Crippen LogP) is 4.05. The molecule has 0 aliphatic carbocycles. The molecule has 6 aromatic rings. The van der Waals surface area contributed by atoms with Gasteiger partial charge in [0.15, 0.2) is 45.3 Å². The molecular weight excluding hydrogens is 1310 g/mol. The molecule has 3 aromatic carbocycles. The molecular formula is C66H79FN13O16S2+. The number of hydrogen-bond acceptors (Lipinski definition) is 22. The lowest BCUT2D eigenvalue weighted by Crippen LogP contribution is -2.59. The predicted molar refractivity (Wildman–Crippen MR) is 359 cm³/mol. The molecule has 8 rings (SSSR count). The maximum absolute atomic E-state index is 15.6. The number of aromatic nitrogens is 4. The molecule has 5 heterocycles. The lowest BCUT2D eigenvalue weighted by Gasteiger charge is -2.39. The van der Waals surface area contributed by atoms with Gasteiger partial charge in [0.1, 0.15) is 43.5 Å². The molecule has 0 unspecified atom stereocenters. The largest absolute Gasteiger partial charge is 0.491 e. The lowest BCUT2D eigenvalue weighted by atomic mass is 9.90. The van der Waals surface area contributed by atoms with E-state index >= 15 is 4.39 Å². The van der Waals surface area contributed by atoms with E-state index in [0.29, 0.717) is 56.4 Å². The van der Waals surface area contributed by atoms with Crippen LogP contribution >= 0.6 is 22.7 Å². The Labute approximate surface area is 571 Å². The van der Waals surface area contributed by atoms with Crippen molar-refractivity contribution in [2.75, 3.05) is 76.1 Å². The molecule has 29 nitrogen and oxygen atoms in total. The minimum absolute atomic E-state index is 0.00517. The van der Waals surface area contributed by atoms with E-state index in [1.54, 1.807) is 50.1 Å². The van der Waals surface area contributed by atoms with Crippen molar-refractivity contribution in [2.45, 2.75) is 115 Å². The van der Waals surface area contributed by atoms with Crippen LogP contribution in [-0.4, -0.2) is 206 Å². The van der Waals surface area contributed by atoms with Gasteiger partial charge < -0.3 is 81.4 Å². The number of carboxylic acids is 2. The Balaban J connectivity index is 0.891. The second-order valence-electron chi connectivity index (χ2n) is 24.4. The van der Waals surface area contributed by atoms with Crippen LogP contribution in [-0.2, 0) is 57.6 Å². The number of thiazole rings is 2. The number of imide groups is 1. The number of aliphatic hydroxyl groups is 3. The number of fused-ring (bicyclic) bond motifs is 1.